The molecule has 1 aliphatic rings. The van der Waals surface area contributed by atoms with Gasteiger partial charge in [-0.15, -0.1) is 0 Å². The minimum absolute atomic E-state index is 0.358. The number of aliphatic imine (C=N–C) groups is 2. The van der Waals surface area contributed by atoms with Crippen LogP contribution in [0.15, 0.2) is 38.7 Å². The van der Waals surface area contributed by atoms with E-state index in [2.05, 4.69) is 66.1 Å². The van der Waals surface area contributed by atoms with Crippen molar-refractivity contribution < 1.29 is 0 Å². The fraction of sp³-hybridized carbons (Fsp3) is 0.467. The molecule has 0 aliphatic carbocycles. The molecule has 2 rings (SSSR count). The fourth-order valence-electron chi connectivity index (χ4n) is 2.42. The molecule has 0 saturated carbocycles. The van der Waals surface area contributed by atoms with E-state index in [4.69, 9.17) is 4.99 Å². The molecule has 1 heterocycles. The smallest absolute Gasteiger partial charge is 0.158 e. The molecule has 0 bridgehead atoms. The van der Waals surface area contributed by atoms with Crippen LogP contribution in [0.25, 0.3) is 0 Å². The third-order valence-corrected chi connectivity index (χ3v) is 4.11. The van der Waals surface area contributed by atoms with Crippen molar-refractivity contribution in [3.63, 3.8) is 0 Å². The Morgan fingerprint density at radius 3 is 2.16 bits per heavy atom. The average Bonchev–Trinajstić information content (AvgIpc) is 2.39. The highest BCUT2D eigenvalue weighted by molar-refractivity contribution is 9.10. The second kappa shape index (κ2) is 5.45. The molecule has 1 N–H and O–H groups in total. The molecule has 0 radical (unpaired) electrons. The Kier molecular flexibility index (Phi) is 4.09. The first-order chi connectivity index (χ1) is 8.95. The van der Waals surface area contributed by atoms with Crippen LogP contribution in [0, 0.1) is 11.8 Å². The first-order valence-electron chi connectivity index (χ1n) is 6.61. The van der Waals surface area contributed by atoms with E-state index in [0.717, 1.165) is 15.9 Å². The van der Waals surface area contributed by atoms with E-state index in [9.17, 15) is 0 Å². The lowest BCUT2D eigenvalue weighted by atomic mass is 9.85. The Morgan fingerprint density at radius 2 is 1.63 bits per heavy atom. The first kappa shape index (κ1) is 14.3. The number of rotatable bonds is 3. The quantitative estimate of drug-likeness (QED) is 0.902. The molecule has 102 valence electrons. The average molecular weight is 322 g/mol. The van der Waals surface area contributed by atoms with Crippen LogP contribution >= 0.6 is 15.9 Å². The van der Waals surface area contributed by atoms with Crippen molar-refractivity contribution in [2.24, 2.45) is 21.8 Å². The van der Waals surface area contributed by atoms with Gasteiger partial charge in [0.2, 0.25) is 0 Å². The lowest BCUT2D eigenvalue weighted by Crippen LogP contribution is -2.44. The molecule has 0 saturated heterocycles. The molecule has 1 aromatic rings. The molecule has 0 spiro atoms. The summed E-state index contributed by atoms with van der Waals surface area (Å²) in [6, 6.07) is 8.16. The number of nitrogens with zero attached hydrogens (tertiary/aromatic N) is 2. The number of benzene rings is 1. The minimum Gasteiger partial charge on any atom is -0.331 e. The van der Waals surface area contributed by atoms with Crippen molar-refractivity contribution in [3.8, 4) is 0 Å². The Labute approximate surface area is 123 Å². The first-order valence-corrected chi connectivity index (χ1v) is 7.41. The highest BCUT2D eigenvalue weighted by Gasteiger charge is 2.38. The van der Waals surface area contributed by atoms with Gasteiger partial charge in [0.25, 0.3) is 0 Å². The maximum atomic E-state index is 4.90. The zero-order valence-electron chi connectivity index (χ0n) is 11.8. The molecular weight excluding hydrogens is 302 g/mol. The van der Waals surface area contributed by atoms with Crippen LogP contribution in [-0.2, 0) is 0 Å². The number of halogens is 1. The summed E-state index contributed by atoms with van der Waals surface area (Å²) < 4.78 is 1.07. The Balaban J connectivity index is 2.42. The third-order valence-electron chi connectivity index (χ3n) is 3.58. The summed E-state index contributed by atoms with van der Waals surface area (Å²) >= 11 is 3.45. The predicted molar refractivity (Wildman–Crippen MR) is 84.7 cm³/mol. The molecule has 1 aromatic carbocycles. The van der Waals surface area contributed by atoms with Gasteiger partial charge < -0.3 is 5.32 Å². The largest absolute Gasteiger partial charge is 0.331 e. The van der Waals surface area contributed by atoms with Crippen LogP contribution in [0.4, 0.5) is 0 Å². The van der Waals surface area contributed by atoms with Crippen molar-refractivity contribution in [2.45, 2.75) is 33.4 Å². The van der Waals surface area contributed by atoms with Gasteiger partial charge in [-0.2, -0.15) is 0 Å². The number of hydrogen-bond donors (Lipinski definition) is 1. The van der Waals surface area contributed by atoms with Crippen LogP contribution in [0.1, 0.15) is 33.3 Å². The van der Waals surface area contributed by atoms with E-state index in [1.54, 1.807) is 6.34 Å². The van der Waals surface area contributed by atoms with Crippen molar-refractivity contribution in [3.05, 3.63) is 34.3 Å². The topological polar surface area (TPSA) is 36.8 Å². The zero-order valence-corrected chi connectivity index (χ0v) is 13.4. The third kappa shape index (κ3) is 2.73. The maximum Gasteiger partial charge on any atom is 0.158 e. The molecule has 0 atom stereocenters. The molecule has 1 aliphatic heterocycles. The van der Waals surface area contributed by atoms with E-state index in [1.807, 2.05) is 12.1 Å². The highest BCUT2D eigenvalue weighted by atomic mass is 79.9. The molecule has 19 heavy (non-hydrogen) atoms. The molecule has 0 fully saturated rings. The summed E-state index contributed by atoms with van der Waals surface area (Å²) in [7, 11) is 0. The highest BCUT2D eigenvalue weighted by Crippen LogP contribution is 2.33. The fourth-order valence-corrected chi connectivity index (χ4v) is 2.68. The monoisotopic (exact) mass is 321 g/mol. The van der Waals surface area contributed by atoms with Crippen molar-refractivity contribution in [2.75, 3.05) is 0 Å². The lowest BCUT2D eigenvalue weighted by molar-refractivity contribution is 0.237. The van der Waals surface area contributed by atoms with Crippen molar-refractivity contribution >= 4 is 28.1 Å². The second-order valence-corrected chi connectivity index (χ2v) is 6.38. The van der Waals surface area contributed by atoms with Crippen LogP contribution < -0.4 is 5.32 Å². The Hall–Kier alpha value is -1.16. The number of amidine groups is 1. The van der Waals surface area contributed by atoms with E-state index < -0.39 is 0 Å². The van der Waals surface area contributed by atoms with Gasteiger partial charge in [0, 0.05) is 10.0 Å². The second-order valence-electron chi connectivity index (χ2n) is 5.46. The molecule has 4 heteroatoms. The van der Waals surface area contributed by atoms with Gasteiger partial charge in [-0.25, -0.2) is 9.98 Å². The standard InChI is InChI=1S/C15H20BrN3/c1-10(2)15(11(3)4)18-9-17-14(19-15)12-5-7-13(16)8-6-12/h5-11H,1-4H3,(H,17,18,19). The SMILES string of the molecule is CC(C)C1(C(C)C)N=CNC(c2ccc(Br)cc2)=N1. The normalized spacial score (nSPS) is 17.5. The zero-order chi connectivity index (χ0) is 14.0. The van der Waals surface area contributed by atoms with Crippen molar-refractivity contribution in [1.82, 2.24) is 5.32 Å². The van der Waals surface area contributed by atoms with Gasteiger partial charge in [0.15, 0.2) is 5.66 Å². The molecule has 0 aromatic heterocycles. The van der Waals surface area contributed by atoms with E-state index in [1.165, 1.54) is 0 Å². The Morgan fingerprint density at radius 1 is 1.05 bits per heavy atom. The van der Waals surface area contributed by atoms with Crippen LogP contribution in [0.2, 0.25) is 0 Å². The molecule has 3 nitrogen and oxygen atoms in total. The van der Waals surface area contributed by atoms with Crippen molar-refractivity contribution in [1.29, 1.82) is 0 Å². The molecule has 0 unspecified atom stereocenters. The maximum absolute atomic E-state index is 4.90. The van der Waals surface area contributed by atoms with Gasteiger partial charge in [0.05, 0.1) is 6.34 Å². The summed E-state index contributed by atoms with van der Waals surface area (Å²) in [6.45, 7) is 8.69. The van der Waals surface area contributed by atoms with Crippen LogP contribution in [-0.4, -0.2) is 17.8 Å². The predicted octanol–water partition coefficient (Wildman–Crippen LogP) is 3.84. The van der Waals surface area contributed by atoms with Gasteiger partial charge in [-0.1, -0.05) is 55.8 Å². The van der Waals surface area contributed by atoms with Gasteiger partial charge in [0.1, 0.15) is 5.84 Å². The van der Waals surface area contributed by atoms with Gasteiger partial charge >= 0.3 is 0 Å². The van der Waals surface area contributed by atoms with Gasteiger partial charge in [-0.05, 0) is 24.0 Å². The molecule has 0 amide bonds. The summed E-state index contributed by atoms with van der Waals surface area (Å²) in [4.78, 5) is 9.52. The Bertz CT molecular complexity index is 493. The molecular formula is C15H20BrN3. The van der Waals surface area contributed by atoms with E-state index in [-0.39, 0.29) is 5.66 Å². The van der Waals surface area contributed by atoms with Crippen LogP contribution in [0.3, 0.4) is 0 Å². The van der Waals surface area contributed by atoms with Gasteiger partial charge in [-0.3, -0.25) is 0 Å². The van der Waals surface area contributed by atoms with Crippen LogP contribution in [0.5, 0.6) is 0 Å². The van der Waals surface area contributed by atoms with E-state index in [0.29, 0.717) is 11.8 Å². The lowest BCUT2D eigenvalue weighted by Gasteiger charge is -2.36. The number of hydrogen-bond acceptors (Lipinski definition) is 3. The summed E-state index contributed by atoms with van der Waals surface area (Å²) in [6.07, 6.45) is 1.78. The summed E-state index contributed by atoms with van der Waals surface area (Å²) in [5.74, 6) is 1.61. The number of nitrogens with one attached hydrogen (secondary N) is 1. The summed E-state index contributed by atoms with van der Waals surface area (Å²) in [5, 5.41) is 3.16. The summed E-state index contributed by atoms with van der Waals surface area (Å²) in [5.41, 5.74) is 0.716. The minimum atomic E-state index is -0.367. The van der Waals surface area contributed by atoms with E-state index >= 15 is 0 Å².